The van der Waals surface area contributed by atoms with E-state index in [-0.39, 0.29) is 5.76 Å². The highest BCUT2D eigenvalue weighted by Crippen LogP contribution is 2.01. The van der Waals surface area contributed by atoms with Crippen molar-refractivity contribution in [1.82, 2.24) is 5.43 Å². The topological polar surface area (TPSA) is 67.7 Å². The molecule has 0 spiro atoms. The number of hydrogen-bond donors (Lipinski definition) is 1. The zero-order valence-electron chi connectivity index (χ0n) is 8.87. The summed E-state index contributed by atoms with van der Waals surface area (Å²) in [7, 11) is 0. The molecule has 0 radical (unpaired) electrons. The number of nitrogens with zero attached hydrogens (tertiary/aromatic N) is 1. The molecule has 0 saturated carbocycles. The number of hydrazone groups is 1. The van der Waals surface area contributed by atoms with Crippen LogP contribution in [0.3, 0.4) is 0 Å². The maximum atomic E-state index is 11.3. The maximum absolute atomic E-state index is 11.3. The average Bonchev–Trinajstić information content (AvgIpc) is 3.01. The Morgan fingerprint density at radius 1 is 1.24 bits per heavy atom. The summed E-state index contributed by atoms with van der Waals surface area (Å²) in [6.07, 6.45) is 7.83. The van der Waals surface area contributed by atoms with E-state index in [1.165, 1.54) is 12.5 Å². The van der Waals surface area contributed by atoms with Crippen LogP contribution in [0.1, 0.15) is 16.3 Å². The van der Waals surface area contributed by atoms with E-state index >= 15 is 0 Å². The Labute approximate surface area is 97.4 Å². The first-order valence-corrected chi connectivity index (χ1v) is 4.93. The van der Waals surface area contributed by atoms with Crippen LogP contribution in [0.15, 0.2) is 56.8 Å². The minimum atomic E-state index is -0.391. The van der Waals surface area contributed by atoms with E-state index in [4.69, 9.17) is 8.83 Å². The molecule has 0 bridgehead atoms. The van der Waals surface area contributed by atoms with Crippen LogP contribution in [-0.4, -0.2) is 12.1 Å². The number of rotatable bonds is 4. The molecule has 0 saturated heterocycles. The second kappa shape index (κ2) is 5.50. The van der Waals surface area contributed by atoms with Crippen molar-refractivity contribution >= 4 is 18.2 Å². The monoisotopic (exact) mass is 230 g/mol. The summed E-state index contributed by atoms with van der Waals surface area (Å²) in [4.78, 5) is 11.3. The smallest absolute Gasteiger partial charge is 0.307 e. The molecule has 0 aliphatic rings. The van der Waals surface area contributed by atoms with Crippen LogP contribution in [-0.2, 0) is 0 Å². The molecule has 5 heteroatoms. The van der Waals surface area contributed by atoms with Gasteiger partial charge in [0.1, 0.15) is 5.76 Å². The van der Waals surface area contributed by atoms with Crippen LogP contribution in [0.5, 0.6) is 0 Å². The summed E-state index contributed by atoms with van der Waals surface area (Å²) >= 11 is 0. The van der Waals surface area contributed by atoms with Gasteiger partial charge in [0, 0.05) is 6.21 Å². The molecular weight excluding hydrogens is 220 g/mol. The molecule has 0 aliphatic heterocycles. The molecule has 2 aromatic rings. The van der Waals surface area contributed by atoms with Crippen LogP contribution in [0.2, 0.25) is 0 Å². The highest BCUT2D eigenvalue weighted by molar-refractivity contribution is 5.92. The van der Waals surface area contributed by atoms with Crippen LogP contribution in [0, 0.1) is 0 Å². The molecule has 0 unspecified atom stereocenters. The van der Waals surface area contributed by atoms with Gasteiger partial charge in [-0.1, -0.05) is 0 Å². The summed E-state index contributed by atoms with van der Waals surface area (Å²) in [6, 6.07) is 6.79. The third-order valence-corrected chi connectivity index (χ3v) is 1.88. The fraction of sp³-hybridized carbons (Fsp3) is 0. The summed E-state index contributed by atoms with van der Waals surface area (Å²) < 4.78 is 9.96. The summed E-state index contributed by atoms with van der Waals surface area (Å²) in [6.45, 7) is 0. The van der Waals surface area contributed by atoms with E-state index in [1.54, 1.807) is 36.6 Å². The lowest BCUT2D eigenvalue weighted by Gasteiger charge is -1.92. The molecular formula is C12H10N2O3. The van der Waals surface area contributed by atoms with E-state index in [2.05, 4.69) is 10.5 Å². The van der Waals surface area contributed by atoms with Gasteiger partial charge in [0.2, 0.25) is 0 Å². The third kappa shape index (κ3) is 3.20. The maximum Gasteiger partial charge on any atom is 0.307 e. The van der Waals surface area contributed by atoms with Crippen LogP contribution < -0.4 is 5.43 Å². The number of furan rings is 2. The van der Waals surface area contributed by atoms with Gasteiger partial charge in [0.25, 0.3) is 0 Å². The van der Waals surface area contributed by atoms with Gasteiger partial charge < -0.3 is 8.83 Å². The number of carbonyl (C=O) groups is 1. The van der Waals surface area contributed by atoms with Gasteiger partial charge in [-0.05, 0) is 36.4 Å². The molecule has 2 aromatic heterocycles. The van der Waals surface area contributed by atoms with Gasteiger partial charge in [0.15, 0.2) is 5.76 Å². The lowest BCUT2D eigenvalue weighted by Crippen LogP contribution is -2.16. The SMILES string of the molecule is O=C(N/N=C\C=C\c1ccco1)c1ccco1. The van der Waals surface area contributed by atoms with Gasteiger partial charge in [0.05, 0.1) is 12.5 Å². The lowest BCUT2D eigenvalue weighted by molar-refractivity contribution is 0.0927. The van der Waals surface area contributed by atoms with E-state index in [0.29, 0.717) is 5.76 Å². The second-order valence-electron chi connectivity index (χ2n) is 3.07. The van der Waals surface area contributed by atoms with Gasteiger partial charge >= 0.3 is 5.91 Å². The molecule has 1 N–H and O–H groups in total. The van der Waals surface area contributed by atoms with Gasteiger partial charge in [-0.15, -0.1) is 0 Å². The van der Waals surface area contributed by atoms with Crippen LogP contribution in [0.25, 0.3) is 6.08 Å². The number of amides is 1. The molecule has 0 atom stereocenters. The van der Waals surface area contributed by atoms with Crippen molar-refractivity contribution in [3.8, 4) is 0 Å². The zero-order chi connectivity index (χ0) is 11.9. The molecule has 2 heterocycles. The largest absolute Gasteiger partial charge is 0.465 e. The Bertz CT molecular complexity index is 510. The van der Waals surface area contributed by atoms with Crippen molar-refractivity contribution in [2.45, 2.75) is 0 Å². The number of allylic oxidation sites excluding steroid dienone is 1. The molecule has 5 nitrogen and oxygen atoms in total. The van der Waals surface area contributed by atoms with Crippen LogP contribution >= 0.6 is 0 Å². The normalized spacial score (nSPS) is 11.3. The second-order valence-corrected chi connectivity index (χ2v) is 3.07. The predicted molar refractivity (Wildman–Crippen MR) is 62.4 cm³/mol. The van der Waals surface area contributed by atoms with E-state index in [0.717, 1.165) is 0 Å². The van der Waals surface area contributed by atoms with E-state index in [9.17, 15) is 4.79 Å². The Morgan fingerprint density at radius 2 is 2.06 bits per heavy atom. The summed E-state index contributed by atoms with van der Waals surface area (Å²) in [5.74, 6) is 0.545. The lowest BCUT2D eigenvalue weighted by atomic mass is 10.4. The molecule has 0 fully saturated rings. The van der Waals surface area contributed by atoms with E-state index < -0.39 is 5.91 Å². The third-order valence-electron chi connectivity index (χ3n) is 1.88. The summed E-state index contributed by atoms with van der Waals surface area (Å²) in [5.41, 5.74) is 2.32. The first-order chi connectivity index (χ1) is 8.36. The highest BCUT2D eigenvalue weighted by atomic mass is 16.3. The number of carbonyl (C=O) groups excluding carboxylic acids is 1. The summed E-state index contributed by atoms with van der Waals surface area (Å²) in [5, 5.41) is 3.71. The molecule has 2 rings (SSSR count). The first kappa shape index (κ1) is 10.9. The Kier molecular flexibility index (Phi) is 3.54. The molecule has 0 aliphatic carbocycles. The Morgan fingerprint density at radius 3 is 2.76 bits per heavy atom. The number of nitrogens with one attached hydrogen (secondary N) is 1. The first-order valence-electron chi connectivity index (χ1n) is 4.93. The van der Waals surface area contributed by atoms with Crippen molar-refractivity contribution in [1.29, 1.82) is 0 Å². The van der Waals surface area contributed by atoms with Crippen LogP contribution in [0.4, 0.5) is 0 Å². The van der Waals surface area contributed by atoms with Gasteiger partial charge in [-0.2, -0.15) is 5.10 Å². The Balaban J connectivity index is 1.80. The van der Waals surface area contributed by atoms with Gasteiger partial charge in [-0.25, -0.2) is 5.43 Å². The number of hydrogen-bond acceptors (Lipinski definition) is 4. The standard InChI is InChI=1S/C12H10N2O3/c15-12(11-6-3-9-17-11)14-13-7-1-4-10-5-2-8-16-10/h1-9H,(H,14,15)/b4-1+,13-7-. The van der Waals surface area contributed by atoms with Crippen molar-refractivity contribution in [2.24, 2.45) is 5.10 Å². The van der Waals surface area contributed by atoms with Crippen molar-refractivity contribution in [3.05, 3.63) is 54.4 Å². The van der Waals surface area contributed by atoms with Crippen molar-refractivity contribution in [3.63, 3.8) is 0 Å². The Hall–Kier alpha value is -2.56. The highest BCUT2D eigenvalue weighted by Gasteiger charge is 2.05. The minimum Gasteiger partial charge on any atom is -0.465 e. The molecule has 17 heavy (non-hydrogen) atoms. The zero-order valence-corrected chi connectivity index (χ0v) is 8.87. The molecule has 1 amide bonds. The van der Waals surface area contributed by atoms with Crippen molar-refractivity contribution < 1.29 is 13.6 Å². The van der Waals surface area contributed by atoms with E-state index in [1.807, 2.05) is 6.07 Å². The van der Waals surface area contributed by atoms with Crippen molar-refractivity contribution in [2.75, 3.05) is 0 Å². The quantitative estimate of drug-likeness (QED) is 0.647. The molecule has 0 aromatic carbocycles. The fourth-order valence-electron chi connectivity index (χ4n) is 1.13. The fourth-order valence-corrected chi connectivity index (χ4v) is 1.13. The minimum absolute atomic E-state index is 0.220. The average molecular weight is 230 g/mol. The molecule has 86 valence electrons. The predicted octanol–water partition coefficient (Wildman–Crippen LogP) is 2.30. The van der Waals surface area contributed by atoms with Gasteiger partial charge in [-0.3, -0.25) is 4.79 Å².